The van der Waals surface area contributed by atoms with E-state index >= 15 is 0 Å². The van der Waals surface area contributed by atoms with Crippen LogP contribution < -0.4 is 5.32 Å². The predicted octanol–water partition coefficient (Wildman–Crippen LogP) is 2.10. The third-order valence-corrected chi connectivity index (χ3v) is 1.98. The Balaban J connectivity index is 2.70. The summed E-state index contributed by atoms with van der Waals surface area (Å²) < 4.78 is 0. The molecule has 2 nitrogen and oxygen atoms in total. The average molecular weight is 179 g/mol. The lowest BCUT2D eigenvalue weighted by Crippen LogP contribution is -2.15. The van der Waals surface area contributed by atoms with Crippen LogP contribution >= 0.6 is 0 Å². The van der Waals surface area contributed by atoms with E-state index in [-0.39, 0.29) is 6.10 Å². The van der Waals surface area contributed by atoms with Gasteiger partial charge >= 0.3 is 0 Å². The van der Waals surface area contributed by atoms with Crippen molar-refractivity contribution in [2.24, 2.45) is 0 Å². The van der Waals surface area contributed by atoms with Crippen LogP contribution in [-0.4, -0.2) is 17.8 Å². The molecule has 0 spiro atoms. The van der Waals surface area contributed by atoms with Crippen LogP contribution in [0.1, 0.15) is 18.1 Å². The lowest BCUT2D eigenvalue weighted by atomic mass is 10.1. The minimum atomic E-state index is -0.306. The zero-order valence-electron chi connectivity index (χ0n) is 8.46. The Morgan fingerprint density at radius 2 is 2.08 bits per heavy atom. The van der Waals surface area contributed by atoms with Crippen molar-refractivity contribution in [1.82, 2.24) is 0 Å². The third kappa shape index (κ3) is 3.07. The predicted molar refractivity (Wildman–Crippen MR) is 56.1 cm³/mol. The maximum absolute atomic E-state index is 9.11. The number of aliphatic hydroxyl groups excluding tert-OH is 1. The van der Waals surface area contributed by atoms with Crippen molar-refractivity contribution in [3.05, 3.63) is 29.3 Å². The quantitative estimate of drug-likeness (QED) is 0.744. The SMILES string of the molecule is Cc1ccc(C)c(NC[C@H](C)O)c1. The highest BCUT2D eigenvalue weighted by Gasteiger charge is 1.99. The van der Waals surface area contributed by atoms with E-state index in [4.69, 9.17) is 5.11 Å². The molecular weight excluding hydrogens is 162 g/mol. The monoisotopic (exact) mass is 179 g/mol. The van der Waals surface area contributed by atoms with Crippen molar-refractivity contribution in [3.63, 3.8) is 0 Å². The molecule has 1 rings (SSSR count). The second-order valence-electron chi connectivity index (χ2n) is 3.55. The minimum absolute atomic E-state index is 0.306. The molecule has 2 N–H and O–H groups in total. The van der Waals surface area contributed by atoms with Gasteiger partial charge in [0.2, 0.25) is 0 Å². The molecule has 0 heterocycles. The molecule has 0 aliphatic rings. The van der Waals surface area contributed by atoms with Crippen molar-refractivity contribution >= 4 is 5.69 Å². The number of aliphatic hydroxyl groups is 1. The van der Waals surface area contributed by atoms with E-state index in [1.54, 1.807) is 6.92 Å². The van der Waals surface area contributed by atoms with Gasteiger partial charge in [-0.2, -0.15) is 0 Å². The van der Waals surface area contributed by atoms with Gasteiger partial charge in [0.05, 0.1) is 6.10 Å². The van der Waals surface area contributed by atoms with Crippen LogP contribution in [0.3, 0.4) is 0 Å². The Labute approximate surface area is 79.6 Å². The maximum Gasteiger partial charge on any atom is 0.0684 e. The summed E-state index contributed by atoms with van der Waals surface area (Å²) in [7, 11) is 0. The largest absolute Gasteiger partial charge is 0.392 e. The van der Waals surface area contributed by atoms with Gasteiger partial charge in [0.15, 0.2) is 0 Å². The number of hydrogen-bond donors (Lipinski definition) is 2. The van der Waals surface area contributed by atoms with Gasteiger partial charge in [-0.25, -0.2) is 0 Å². The molecule has 0 saturated heterocycles. The molecule has 0 amide bonds. The van der Waals surface area contributed by atoms with Crippen LogP contribution in [0.4, 0.5) is 5.69 Å². The molecule has 2 heteroatoms. The first kappa shape index (κ1) is 10.1. The molecule has 1 aromatic rings. The fraction of sp³-hybridized carbons (Fsp3) is 0.455. The van der Waals surface area contributed by atoms with Crippen molar-refractivity contribution < 1.29 is 5.11 Å². The van der Waals surface area contributed by atoms with E-state index in [0.29, 0.717) is 6.54 Å². The highest BCUT2D eigenvalue weighted by atomic mass is 16.3. The van der Waals surface area contributed by atoms with E-state index in [9.17, 15) is 0 Å². The first-order valence-corrected chi connectivity index (χ1v) is 4.59. The first-order chi connectivity index (χ1) is 6.09. The molecular formula is C11H17NO. The molecule has 1 aromatic carbocycles. The number of anilines is 1. The molecule has 72 valence electrons. The number of aryl methyl sites for hydroxylation is 2. The van der Waals surface area contributed by atoms with Gasteiger partial charge in [0, 0.05) is 12.2 Å². The summed E-state index contributed by atoms with van der Waals surface area (Å²) in [4.78, 5) is 0. The van der Waals surface area contributed by atoms with Gasteiger partial charge in [-0.1, -0.05) is 12.1 Å². The van der Waals surface area contributed by atoms with Gasteiger partial charge in [0.25, 0.3) is 0 Å². The van der Waals surface area contributed by atoms with Crippen LogP contribution in [0.5, 0.6) is 0 Å². The molecule has 0 fully saturated rings. The van der Waals surface area contributed by atoms with Crippen molar-refractivity contribution in [2.75, 3.05) is 11.9 Å². The van der Waals surface area contributed by atoms with E-state index in [2.05, 4.69) is 37.4 Å². The summed E-state index contributed by atoms with van der Waals surface area (Å²) in [6, 6.07) is 6.26. The van der Waals surface area contributed by atoms with Gasteiger partial charge in [-0.3, -0.25) is 0 Å². The summed E-state index contributed by atoms with van der Waals surface area (Å²) >= 11 is 0. The third-order valence-electron chi connectivity index (χ3n) is 1.98. The minimum Gasteiger partial charge on any atom is -0.392 e. The van der Waals surface area contributed by atoms with Crippen LogP contribution in [-0.2, 0) is 0 Å². The van der Waals surface area contributed by atoms with E-state index in [1.807, 2.05) is 0 Å². The van der Waals surface area contributed by atoms with Crippen LogP contribution in [0.25, 0.3) is 0 Å². The van der Waals surface area contributed by atoms with Crippen LogP contribution in [0, 0.1) is 13.8 Å². The van der Waals surface area contributed by atoms with Crippen LogP contribution in [0.15, 0.2) is 18.2 Å². The Hall–Kier alpha value is -1.02. The Bertz CT molecular complexity index is 281. The zero-order valence-corrected chi connectivity index (χ0v) is 8.46. The highest BCUT2D eigenvalue weighted by molar-refractivity contribution is 5.52. The smallest absolute Gasteiger partial charge is 0.0684 e. The van der Waals surface area contributed by atoms with Gasteiger partial charge in [0.1, 0.15) is 0 Å². The van der Waals surface area contributed by atoms with E-state index < -0.39 is 0 Å². The maximum atomic E-state index is 9.11. The van der Waals surface area contributed by atoms with Gasteiger partial charge < -0.3 is 10.4 Å². The Morgan fingerprint density at radius 3 is 2.69 bits per heavy atom. The summed E-state index contributed by atoms with van der Waals surface area (Å²) in [6.45, 7) is 6.50. The van der Waals surface area contributed by atoms with E-state index in [1.165, 1.54) is 11.1 Å². The second-order valence-corrected chi connectivity index (χ2v) is 3.55. The van der Waals surface area contributed by atoms with Crippen molar-refractivity contribution in [3.8, 4) is 0 Å². The molecule has 0 aromatic heterocycles. The lowest BCUT2D eigenvalue weighted by Gasteiger charge is -2.11. The summed E-state index contributed by atoms with van der Waals surface area (Å²) in [5.41, 5.74) is 3.56. The molecule has 0 saturated carbocycles. The Morgan fingerprint density at radius 1 is 1.38 bits per heavy atom. The molecule has 0 aliphatic carbocycles. The lowest BCUT2D eigenvalue weighted by molar-refractivity contribution is 0.208. The summed E-state index contributed by atoms with van der Waals surface area (Å²) in [5.74, 6) is 0. The fourth-order valence-electron chi connectivity index (χ4n) is 1.18. The molecule has 0 unspecified atom stereocenters. The van der Waals surface area contributed by atoms with Gasteiger partial charge in [-0.15, -0.1) is 0 Å². The molecule has 0 bridgehead atoms. The van der Waals surface area contributed by atoms with Crippen molar-refractivity contribution in [1.29, 1.82) is 0 Å². The molecule has 13 heavy (non-hydrogen) atoms. The normalized spacial score (nSPS) is 12.6. The molecule has 0 radical (unpaired) electrons. The number of nitrogens with one attached hydrogen (secondary N) is 1. The number of benzene rings is 1. The van der Waals surface area contributed by atoms with Crippen LogP contribution in [0.2, 0.25) is 0 Å². The molecule has 0 aliphatic heterocycles. The van der Waals surface area contributed by atoms with E-state index in [0.717, 1.165) is 5.69 Å². The second kappa shape index (κ2) is 4.28. The number of rotatable bonds is 3. The first-order valence-electron chi connectivity index (χ1n) is 4.59. The molecule has 1 atom stereocenters. The summed E-state index contributed by atoms with van der Waals surface area (Å²) in [6.07, 6.45) is -0.306. The topological polar surface area (TPSA) is 32.3 Å². The van der Waals surface area contributed by atoms with Crippen molar-refractivity contribution in [2.45, 2.75) is 26.9 Å². The average Bonchev–Trinajstić information content (AvgIpc) is 2.06. The highest BCUT2D eigenvalue weighted by Crippen LogP contribution is 2.15. The number of hydrogen-bond acceptors (Lipinski definition) is 2. The Kier molecular flexibility index (Phi) is 3.32. The zero-order chi connectivity index (χ0) is 9.84. The van der Waals surface area contributed by atoms with Gasteiger partial charge in [-0.05, 0) is 38.0 Å². The fourth-order valence-corrected chi connectivity index (χ4v) is 1.18. The summed E-state index contributed by atoms with van der Waals surface area (Å²) in [5, 5.41) is 12.3. The standard InChI is InChI=1S/C11H17NO/c1-8-4-5-9(2)11(6-8)12-7-10(3)13/h4-6,10,12-13H,7H2,1-3H3/t10-/m0/s1.